The molecule has 0 N–H and O–H groups in total. The van der Waals surface area contributed by atoms with Crippen molar-refractivity contribution in [3.8, 4) is 11.1 Å². The number of ketones is 1. The van der Waals surface area contributed by atoms with Crippen LogP contribution in [0.3, 0.4) is 0 Å². The predicted molar refractivity (Wildman–Crippen MR) is 97.4 cm³/mol. The highest BCUT2D eigenvalue weighted by atomic mass is 16.6. The van der Waals surface area contributed by atoms with Crippen LogP contribution in [0.5, 0.6) is 0 Å². The molecule has 1 aromatic heterocycles. The quantitative estimate of drug-likeness (QED) is 0.223. The van der Waals surface area contributed by atoms with Crippen molar-refractivity contribution in [2.75, 3.05) is 13.2 Å². The molecular formula is C19H18N2O7. The number of aromatic nitrogens is 1. The van der Waals surface area contributed by atoms with E-state index in [2.05, 4.69) is 4.98 Å². The third-order valence-corrected chi connectivity index (χ3v) is 3.78. The molecule has 2 aromatic rings. The average Bonchev–Trinajstić information content (AvgIpc) is 2.68. The Balaban J connectivity index is 2.51. The van der Waals surface area contributed by atoms with Gasteiger partial charge in [0.15, 0.2) is 5.78 Å². The van der Waals surface area contributed by atoms with Gasteiger partial charge < -0.3 is 9.47 Å². The van der Waals surface area contributed by atoms with Gasteiger partial charge in [-0.15, -0.1) is 0 Å². The Hall–Kier alpha value is -3.62. The van der Waals surface area contributed by atoms with Gasteiger partial charge in [0.2, 0.25) is 5.92 Å². The van der Waals surface area contributed by atoms with Crippen LogP contribution < -0.4 is 0 Å². The van der Waals surface area contributed by atoms with Crippen molar-refractivity contribution >= 4 is 23.4 Å². The summed E-state index contributed by atoms with van der Waals surface area (Å²) < 4.78 is 9.54. The number of esters is 2. The van der Waals surface area contributed by atoms with Crippen molar-refractivity contribution in [3.05, 3.63) is 58.4 Å². The first-order valence-corrected chi connectivity index (χ1v) is 8.47. The van der Waals surface area contributed by atoms with Crippen LogP contribution in [-0.4, -0.2) is 40.8 Å². The Bertz CT molecular complexity index is 878. The number of carbonyl (C=O) groups is 3. The summed E-state index contributed by atoms with van der Waals surface area (Å²) in [6.45, 7) is 2.89. The van der Waals surface area contributed by atoms with Crippen molar-refractivity contribution in [2.24, 2.45) is 5.92 Å². The summed E-state index contributed by atoms with van der Waals surface area (Å²) in [5, 5.41) is 11.5. The molecule has 0 atom stereocenters. The lowest BCUT2D eigenvalue weighted by molar-refractivity contribution is -0.385. The van der Waals surface area contributed by atoms with E-state index in [4.69, 9.17) is 9.47 Å². The summed E-state index contributed by atoms with van der Waals surface area (Å²) in [5.41, 5.74) is 0.228. The number of carbonyl (C=O) groups excluding carboxylic acids is 3. The van der Waals surface area contributed by atoms with E-state index in [0.717, 1.165) is 0 Å². The molecule has 0 spiro atoms. The van der Waals surface area contributed by atoms with Gasteiger partial charge in [0.25, 0.3) is 5.69 Å². The number of nitro groups is 1. The molecule has 9 nitrogen and oxygen atoms in total. The highest BCUT2D eigenvalue weighted by Gasteiger charge is 2.40. The molecule has 146 valence electrons. The van der Waals surface area contributed by atoms with Gasteiger partial charge in [-0.2, -0.15) is 0 Å². The van der Waals surface area contributed by atoms with Crippen LogP contribution in [0.1, 0.15) is 24.2 Å². The number of Topliss-reactive ketones (excluding diaryl/α,β-unsaturated/α-hetero) is 1. The minimum absolute atomic E-state index is 0.0644. The lowest BCUT2D eigenvalue weighted by atomic mass is 9.94. The zero-order chi connectivity index (χ0) is 20.7. The number of ether oxygens (including phenoxy) is 2. The van der Waals surface area contributed by atoms with E-state index >= 15 is 0 Å². The molecule has 9 heteroatoms. The van der Waals surface area contributed by atoms with E-state index in [1.807, 2.05) is 0 Å². The fraction of sp³-hybridized carbons (Fsp3) is 0.263. The topological polar surface area (TPSA) is 126 Å². The van der Waals surface area contributed by atoms with E-state index in [1.54, 1.807) is 12.1 Å². The van der Waals surface area contributed by atoms with Gasteiger partial charge in [-0.1, -0.05) is 6.07 Å². The Morgan fingerprint density at radius 3 is 2.07 bits per heavy atom. The molecule has 0 aliphatic heterocycles. The number of rotatable bonds is 8. The van der Waals surface area contributed by atoms with Crippen LogP contribution in [0.15, 0.2) is 42.7 Å². The first-order valence-electron chi connectivity index (χ1n) is 8.47. The molecule has 0 unspecified atom stereocenters. The SMILES string of the molecule is CCOC(=O)C(C(=O)OCC)C(=O)c1ccc(-c2ccncc2)cc1[N+](=O)[O-]. The van der Waals surface area contributed by atoms with Gasteiger partial charge in [0, 0.05) is 18.5 Å². The van der Waals surface area contributed by atoms with Gasteiger partial charge in [0.1, 0.15) is 0 Å². The highest BCUT2D eigenvalue weighted by molar-refractivity contribution is 6.22. The smallest absolute Gasteiger partial charge is 0.328 e. The number of hydrogen-bond acceptors (Lipinski definition) is 8. The summed E-state index contributed by atoms with van der Waals surface area (Å²) in [6, 6.07) is 7.21. The van der Waals surface area contributed by atoms with E-state index in [-0.39, 0.29) is 18.8 Å². The van der Waals surface area contributed by atoms with Gasteiger partial charge in [-0.25, -0.2) is 0 Å². The lowest BCUT2D eigenvalue weighted by Crippen LogP contribution is -2.35. The van der Waals surface area contributed by atoms with Crippen molar-refractivity contribution in [1.29, 1.82) is 0 Å². The maximum Gasteiger partial charge on any atom is 0.328 e. The van der Waals surface area contributed by atoms with Gasteiger partial charge in [-0.3, -0.25) is 29.5 Å². The number of pyridine rings is 1. The number of nitrogens with zero attached hydrogens (tertiary/aromatic N) is 2. The Labute approximate surface area is 160 Å². The van der Waals surface area contributed by atoms with Gasteiger partial charge in [-0.05, 0) is 43.2 Å². The van der Waals surface area contributed by atoms with Crippen molar-refractivity contribution in [1.82, 2.24) is 4.98 Å². The summed E-state index contributed by atoms with van der Waals surface area (Å²) in [7, 11) is 0. The molecule has 2 rings (SSSR count). The minimum atomic E-state index is -1.93. The first-order chi connectivity index (χ1) is 13.4. The van der Waals surface area contributed by atoms with E-state index in [0.29, 0.717) is 11.1 Å². The maximum atomic E-state index is 12.8. The fourth-order valence-corrected chi connectivity index (χ4v) is 2.53. The molecule has 1 heterocycles. The third-order valence-electron chi connectivity index (χ3n) is 3.78. The predicted octanol–water partition coefficient (Wildman–Crippen LogP) is 2.58. The molecule has 0 saturated carbocycles. The van der Waals surface area contributed by atoms with Crippen molar-refractivity contribution in [2.45, 2.75) is 13.8 Å². The summed E-state index contributed by atoms with van der Waals surface area (Å²) >= 11 is 0. The molecule has 28 heavy (non-hydrogen) atoms. The highest BCUT2D eigenvalue weighted by Crippen LogP contribution is 2.29. The molecule has 0 bridgehead atoms. The van der Waals surface area contributed by atoms with E-state index < -0.39 is 34.3 Å². The minimum Gasteiger partial charge on any atom is -0.465 e. The average molecular weight is 386 g/mol. The van der Waals surface area contributed by atoms with Crippen LogP contribution >= 0.6 is 0 Å². The molecule has 0 fully saturated rings. The second kappa shape index (κ2) is 9.36. The monoisotopic (exact) mass is 386 g/mol. The standard InChI is InChI=1S/C19H18N2O7/c1-3-27-18(23)16(19(24)28-4-2)17(22)14-6-5-13(11-15(14)21(25)26)12-7-9-20-10-8-12/h5-11,16H,3-4H2,1-2H3. The molecular weight excluding hydrogens is 368 g/mol. The largest absolute Gasteiger partial charge is 0.465 e. The Morgan fingerprint density at radius 2 is 1.57 bits per heavy atom. The normalized spacial score (nSPS) is 10.4. The number of hydrogen-bond donors (Lipinski definition) is 0. The van der Waals surface area contributed by atoms with Gasteiger partial charge in [0.05, 0.1) is 23.7 Å². The van der Waals surface area contributed by atoms with Crippen LogP contribution in [0.25, 0.3) is 11.1 Å². The molecule has 0 aliphatic carbocycles. The van der Waals surface area contributed by atoms with Crippen molar-refractivity contribution < 1.29 is 28.8 Å². The first kappa shape index (κ1) is 20.7. The molecule has 0 amide bonds. The number of benzene rings is 1. The van der Waals surface area contributed by atoms with Crippen LogP contribution in [0.4, 0.5) is 5.69 Å². The Kier molecular flexibility index (Phi) is 6.91. The second-order valence-electron chi connectivity index (χ2n) is 5.53. The molecule has 1 aromatic carbocycles. The third kappa shape index (κ3) is 4.56. The Morgan fingerprint density at radius 1 is 1.00 bits per heavy atom. The fourth-order valence-electron chi connectivity index (χ4n) is 2.53. The maximum absolute atomic E-state index is 12.8. The van der Waals surface area contributed by atoms with Crippen LogP contribution in [0, 0.1) is 16.0 Å². The zero-order valence-electron chi connectivity index (χ0n) is 15.3. The van der Waals surface area contributed by atoms with Crippen LogP contribution in [0.2, 0.25) is 0 Å². The second-order valence-corrected chi connectivity index (χ2v) is 5.53. The van der Waals surface area contributed by atoms with Gasteiger partial charge >= 0.3 is 11.9 Å². The summed E-state index contributed by atoms with van der Waals surface area (Å²) in [6.07, 6.45) is 3.05. The van der Waals surface area contributed by atoms with Crippen molar-refractivity contribution in [3.63, 3.8) is 0 Å². The summed E-state index contributed by atoms with van der Waals surface area (Å²) in [5.74, 6) is -5.20. The summed E-state index contributed by atoms with van der Waals surface area (Å²) in [4.78, 5) is 51.7. The van der Waals surface area contributed by atoms with E-state index in [9.17, 15) is 24.5 Å². The molecule has 0 saturated heterocycles. The number of nitro benzene ring substituents is 1. The molecule has 0 aliphatic rings. The molecule has 0 radical (unpaired) electrons. The van der Waals surface area contributed by atoms with Crippen LogP contribution in [-0.2, 0) is 19.1 Å². The lowest BCUT2D eigenvalue weighted by Gasteiger charge is -2.14. The van der Waals surface area contributed by atoms with E-state index in [1.165, 1.54) is 44.4 Å². The zero-order valence-corrected chi connectivity index (χ0v) is 15.3.